The second-order valence-electron chi connectivity index (χ2n) is 4.97. The van der Waals surface area contributed by atoms with Crippen molar-refractivity contribution in [3.8, 4) is 0 Å². The van der Waals surface area contributed by atoms with E-state index in [0.717, 1.165) is 0 Å². The summed E-state index contributed by atoms with van der Waals surface area (Å²) in [6, 6.07) is 6.87. The number of aromatic nitrogens is 1. The largest absolute Gasteiger partial charge is 0.326 e. The quantitative estimate of drug-likeness (QED) is 0.598. The zero-order valence-corrected chi connectivity index (χ0v) is 16.2. The van der Waals surface area contributed by atoms with Crippen molar-refractivity contribution in [2.45, 2.75) is 30.4 Å². The minimum atomic E-state index is -0.362. The van der Waals surface area contributed by atoms with Crippen LogP contribution < -0.4 is 15.4 Å². The first kappa shape index (κ1) is 19.3. The number of carbonyl (C=O) groups excluding carboxylic acids is 3. The number of nitrogens with zero attached hydrogens (tertiary/aromatic N) is 2. The molecule has 0 saturated heterocycles. The van der Waals surface area contributed by atoms with Crippen molar-refractivity contribution in [1.82, 2.24) is 4.98 Å². The van der Waals surface area contributed by atoms with Gasteiger partial charge in [-0.2, -0.15) is 9.98 Å². The fraction of sp³-hybridized carbons (Fsp3) is 0.267. The normalized spacial score (nSPS) is 12.5. The highest BCUT2D eigenvalue weighted by Crippen LogP contribution is 2.26. The Morgan fingerprint density at radius 2 is 1.68 bits per heavy atom. The molecule has 132 valence electrons. The topological polar surface area (TPSA) is 101 Å². The zero-order valence-electron chi connectivity index (χ0n) is 13.7. The Morgan fingerprint density at radius 3 is 2.24 bits per heavy atom. The maximum absolute atomic E-state index is 12.3. The summed E-state index contributed by atoms with van der Waals surface area (Å²) in [6.07, 6.45) is 0. The molecule has 0 aliphatic rings. The van der Waals surface area contributed by atoms with Gasteiger partial charge in [0.2, 0.25) is 22.5 Å². The van der Waals surface area contributed by atoms with Crippen molar-refractivity contribution >= 4 is 61.5 Å². The first-order valence-electron chi connectivity index (χ1n) is 7.21. The van der Waals surface area contributed by atoms with Crippen LogP contribution in [-0.2, 0) is 14.4 Å². The van der Waals surface area contributed by atoms with Gasteiger partial charge in [-0.3, -0.25) is 14.4 Å². The van der Waals surface area contributed by atoms with Crippen molar-refractivity contribution in [3.05, 3.63) is 29.1 Å². The van der Waals surface area contributed by atoms with Crippen LogP contribution in [0.4, 0.5) is 11.4 Å². The molecule has 0 saturated carbocycles. The lowest BCUT2D eigenvalue weighted by Gasteiger charge is -2.11. The Bertz CT molecular complexity index is 842. The predicted molar refractivity (Wildman–Crippen MR) is 101 cm³/mol. The van der Waals surface area contributed by atoms with E-state index in [4.69, 9.17) is 0 Å². The number of rotatable bonds is 5. The number of benzene rings is 1. The number of hydrogen-bond donors (Lipinski definition) is 2. The lowest BCUT2D eigenvalue weighted by atomic mass is 10.2. The molecule has 0 aliphatic carbocycles. The molecule has 0 bridgehead atoms. The lowest BCUT2D eigenvalue weighted by molar-refractivity contribution is -0.116. The first-order valence-corrected chi connectivity index (χ1v) is 10.2. The molecule has 0 unspecified atom stereocenters. The van der Waals surface area contributed by atoms with Gasteiger partial charge >= 0.3 is 0 Å². The summed E-state index contributed by atoms with van der Waals surface area (Å²) in [5.74, 6) is -0.615. The molecule has 0 spiro atoms. The van der Waals surface area contributed by atoms with E-state index in [2.05, 4.69) is 20.6 Å². The zero-order chi connectivity index (χ0) is 18.4. The third-order valence-electron chi connectivity index (χ3n) is 2.75. The summed E-state index contributed by atoms with van der Waals surface area (Å²) < 4.78 is 0.689. The minimum Gasteiger partial charge on any atom is -0.326 e. The molecule has 2 rings (SSSR count). The van der Waals surface area contributed by atoms with E-state index in [1.807, 2.05) is 0 Å². The fourth-order valence-electron chi connectivity index (χ4n) is 1.70. The highest BCUT2D eigenvalue weighted by molar-refractivity contribution is 8.03. The van der Waals surface area contributed by atoms with Gasteiger partial charge in [0.15, 0.2) is 4.34 Å². The molecule has 1 aromatic carbocycles. The van der Waals surface area contributed by atoms with E-state index in [1.165, 1.54) is 46.3 Å². The van der Waals surface area contributed by atoms with Crippen molar-refractivity contribution in [1.29, 1.82) is 0 Å². The number of amides is 3. The van der Waals surface area contributed by atoms with E-state index in [1.54, 1.807) is 31.2 Å². The van der Waals surface area contributed by atoms with Gasteiger partial charge in [-0.05, 0) is 51.9 Å². The van der Waals surface area contributed by atoms with Gasteiger partial charge in [0, 0.05) is 25.2 Å². The average Bonchev–Trinajstić information content (AvgIpc) is 2.94. The highest BCUT2D eigenvalue weighted by Gasteiger charge is 2.16. The van der Waals surface area contributed by atoms with Crippen molar-refractivity contribution in [3.63, 3.8) is 0 Å². The van der Waals surface area contributed by atoms with E-state index in [-0.39, 0.29) is 23.0 Å². The molecule has 25 heavy (non-hydrogen) atoms. The van der Waals surface area contributed by atoms with Crippen molar-refractivity contribution in [2.75, 3.05) is 10.6 Å². The second-order valence-corrected chi connectivity index (χ2v) is 8.64. The smallest absolute Gasteiger partial charge is 0.245 e. The van der Waals surface area contributed by atoms with E-state index in [0.29, 0.717) is 20.5 Å². The molecule has 2 aromatic rings. The van der Waals surface area contributed by atoms with Gasteiger partial charge in [-0.25, -0.2) is 0 Å². The summed E-state index contributed by atoms with van der Waals surface area (Å²) in [7, 11) is 2.68. The Morgan fingerprint density at radius 1 is 1.08 bits per heavy atom. The van der Waals surface area contributed by atoms with E-state index < -0.39 is 0 Å². The average molecular weight is 397 g/mol. The monoisotopic (exact) mass is 396 g/mol. The highest BCUT2D eigenvalue weighted by atomic mass is 32.9. The number of anilines is 2. The minimum absolute atomic E-state index is 0.151. The van der Waals surface area contributed by atoms with Crippen LogP contribution in [0.2, 0.25) is 0 Å². The number of carbonyl (C=O) groups is 3. The molecule has 2 N–H and O–H groups in total. The fourth-order valence-corrected chi connectivity index (χ4v) is 5.01. The van der Waals surface area contributed by atoms with Crippen LogP contribution >= 0.6 is 32.4 Å². The van der Waals surface area contributed by atoms with Crippen LogP contribution in [-0.4, -0.2) is 28.0 Å². The summed E-state index contributed by atoms with van der Waals surface area (Å²) in [5.41, 5.74) is 1.31. The molecule has 0 radical (unpaired) electrons. The number of thioether (sulfide) groups is 1. The van der Waals surface area contributed by atoms with E-state index in [9.17, 15) is 14.4 Å². The maximum Gasteiger partial charge on any atom is 0.245 e. The number of nitrogens with one attached hydrogen (secondary N) is 2. The van der Waals surface area contributed by atoms with Crippen LogP contribution in [0.25, 0.3) is 0 Å². The molecule has 1 heterocycles. The predicted octanol–water partition coefficient (Wildman–Crippen LogP) is 2.73. The summed E-state index contributed by atoms with van der Waals surface area (Å²) in [5, 5.41) is 5.11. The molecule has 1 atom stereocenters. The van der Waals surface area contributed by atoms with Gasteiger partial charge < -0.3 is 10.6 Å². The van der Waals surface area contributed by atoms with Crippen LogP contribution in [0.3, 0.4) is 0 Å². The summed E-state index contributed by atoms with van der Waals surface area (Å²) in [6.45, 7) is 4.58. The van der Waals surface area contributed by atoms with Crippen LogP contribution in [0.15, 0.2) is 33.6 Å². The first-order chi connectivity index (χ1) is 11.8. The SMILES string of the molecule is CC(=O)N=c1nc(S[C@H](C)C(=O)Nc2ccc(NC(C)=O)cc2)ss1. The summed E-state index contributed by atoms with van der Waals surface area (Å²) >= 11 is 1.31. The second kappa shape index (κ2) is 8.88. The van der Waals surface area contributed by atoms with Crippen LogP contribution in [0.1, 0.15) is 20.8 Å². The van der Waals surface area contributed by atoms with Gasteiger partial charge in [-0.1, -0.05) is 11.8 Å². The maximum atomic E-state index is 12.3. The molecule has 7 nitrogen and oxygen atoms in total. The van der Waals surface area contributed by atoms with Crippen molar-refractivity contribution < 1.29 is 14.4 Å². The van der Waals surface area contributed by atoms with Crippen molar-refractivity contribution in [2.24, 2.45) is 4.99 Å². The molecule has 1 aromatic heterocycles. The molecular weight excluding hydrogens is 380 g/mol. The molecule has 10 heteroatoms. The van der Waals surface area contributed by atoms with Crippen LogP contribution in [0, 0.1) is 0 Å². The van der Waals surface area contributed by atoms with Gasteiger partial charge in [-0.15, -0.1) is 0 Å². The lowest BCUT2D eigenvalue weighted by Crippen LogP contribution is -2.22. The van der Waals surface area contributed by atoms with Gasteiger partial charge in [0.05, 0.1) is 5.25 Å². The Labute approximate surface area is 156 Å². The standard InChI is InChI=1S/C15H16N4O3S3/c1-8(23-15-19-14(24-25-15)17-10(3)21)13(22)18-12-6-4-11(5-7-12)16-9(2)20/h4-8H,1-3H3,(H,16,20)(H,18,22)/t8-/m1/s1. The Hall–Kier alpha value is -2.04. The van der Waals surface area contributed by atoms with Gasteiger partial charge in [0.25, 0.3) is 0 Å². The Balaban J connectivity index is 1.94. The molecule has 3 amide bonds. The molecule has 0 aliphatic heterocycles. The Kier molecular flexibility index (Phi) is 6.85. The third kappa shape index (κ3) is 6.40. The van der Waals surface area contributed by atoms with Gasteiger partial charge in [0.1, 0.15) is 0 Å². The van der Waals surface area contributed by atoms with E-state index >= 15 is 0 Å². The third-order valence-corrected chi connectivity index (χ3v) is 6.28. The number of hydrogen-bond acceptors (Lipinski definition) is 7. The summed E-state index contributed by atoms with van der Waals surface area (Å²) in [4.78, 5) is 42.6. The van der Waals surface area contributed by atoms with Crippen LogP contribution in [0.5, 0.6) is 0 Å². The molecular formula is C15H16N4O3S3. The molecule has 0 fully saturated rings.